The highest BCUT2D eigenvalue weighted by atomic mass is 32.1. The Hall–Kier alpha value is -1.74. The number of ketones is 1. The lowest BCUT2D eigenvalue weighted by atomic mass is 10.3. The largest absolute Gasteiger partial charge is 0.294 e. The van der Waals surface area contributed by atoms with E-state index >= 15 is 0 Å². The van der Waals surface area contributed by atoms with Crippen LogP contribution in [-0.4, -0.2) is 23.7 Å². The minimum atomic E-state index is -0.327. The number of amides is 1. The number of anilines is 1. The molecule has 1 amide bonds. The first-order chi connectivity index (χ1) is 7.47. The monoisotopic (exact) mass is 237 g/mol. The molecule has 0 bridgehead atoms. The first-order valence-electron chi connectivity index (χ1n) is 4.59. The molecule has 0 unspecified atom stereocenters. The molecule has 0 aliphatic carbocycles. The van der Waals surface area contributed by atoms with Crippen molar-refractivity contribution in [2.45, 2.75) is 20.3 Å². The SMILES string of the molecule is CC(=O)c1sc(N(C)C(=O)CC#N)nc1C. The number of carbonyl (C=O) groups excluding carboxylic acids is 2. The van der Waals surface area contributed by atoms with Crippen LogP contribution in [0.5, 0.6) is 0 Å². The Balaban J connectivity index is 2.98. The predicted octanol–water partition coefficient (Wildman–Crippen LogP) is 1.53. The lowest BCUT2D eigenvalue weighted by Crippen LogP contribution is -2.25. The number of thiazole rings is 1. The van der Waals surface area contributed by atoms with Crippen LogP contribution in [0.2, 0.25) is 0 Å². The van der Waals surface area contributed by atoms with Crippen molar-refractivity contribution in [2.75, 3.05) is 11.9 Å². The average Bonchev–Trinajstić information content (AvgIpc) is 2.59. The van der Waals surface area contributed by atoms with E-state index in [1.807, 2.05) is 0 Å². The standard InChI is InChI=1S/C10H11N3O2S/c1-6-9(7(2)14)16-10(12-6)13(3)8(15)4-5-11/h4H2,1-3H3. The van der Waals surface area contributed by atoms with Crippen molar-refractivity contribution in [1.82, 2.24) is 4.98 Å². The van der Waals surface area contributed by atoms with Gasteiger partial charge in [0, 0.05) is 14.0 Å². The summed E-state index contributed by atoms with van der Waals surface area (Å²) in [6.07, 6.45) is -0.190. The van der Waals surface area contributed by atoms with E-state index in [0.29, 0.717) is 15.7 Å². The molecular weight excluding hydrogens is 226 g/mol. The number of Topliss-reactive ketones (excluding diaryl/α,β-unsaturated/α-hetero) is 1. The molecule has 0 N–H and O–H groups in total. The molecule has 0 aliphatic heterocycles. The molecule has 0 saturated heterocycles. The molecule has 1 rings (SSSR count). The number of hydrogen-bond acceptors (Lipinski definition) is 5. The Bertz CT molecular complexity index is 473. The minimum absolute atomic E-state index is 0.0672. The smallest absolute Gasteiger partial charge is 0.242 e. The lowest BCUT2D eigenvalue weighted by Gasteiger charge is -2.10. The maximum absolute atomic E-state index is 11.4. The molecule has 0 aromatic carbocycles. The Morgan fingerprint density at radius 2 is 2.19 bits per heavy atom. The number of aryl methyl sites for hydroxylation is 1. The Morgan fingerprint density at radius 1 is 1.56 bits per heavy atom. The number of nitrogens with zero attached hydrogens (tertiary/aromatic N) is 3. The molecule has 5 nitrogen and oxygen atoms in total. The summed E-state index contributed by atoms with van der Waals surface area (Å²) in [6.45, 7) is 3.18. The predicted molar refractivity (Wildman–Crippen MR) is 60.5 cm³/mol. The molecule has 0 spiro atoms. The van der Waals surface area contributed by atoms with Crippen LogP contribution in [0.3, 0.4) is 0 Å². The first kappa shape index (κ1) is 12.3. The summed E-state index contributed by atoms with van der Waals surface area (Å²) in [4.78, 5) is 28.6. The number of aromatic nitrogens is 1. The molecule has 1 aromatic heterocycles. The zero-order chi connectivity index (χ0) is 12.3. The molecule has 16 heavy (non-hydrogen) atoms. The highest BCUT2D eigenvalue weighted by Gasteiger charge is 2.18. The van der Waals surface area contributed by atoms with Crippen molar-refractivity contribution >= 4 is 28.2 Å². The number of rotatable bonds is 3. The van der Waals surface area contributed by atoms with E-state index in [1.165, 1.54) is 11.8 Å². The zero-order valence-corrected chi connectivity index (χ0v) is 10.1. The molecule has 0 radical (unpaired) electrons. The van der Waals surface area contributed by atoms with Gasteiger partial charge in [0.25, 0.3) is 0 Å². The van der Waals surface area contributed by atoms with Crippen LogP contribution < -0.4 is 4.90 Å². The van der Waals surface area contributed by atoms with Gasteiger partial charge >= 0.3 is 0 Å². The van der Waals surface area contributed by atoms with Gasteiger partial charge in [-0.25, -0.2) is 4.98 Å². The second-order valence-corrected chi connectivity index (χ2v) is 4.23. The van der Waals surface area contributed by atoms with Crippen LogP contribution in [0.25, 0.3) is 0 Å². The molecule has 84 valence electrons. The third-order valence-electron chi connectivity index (χ3n) is 2.00. The van der Waals surface area contributed by atoms with Gasteiger partial charge in [-0.2, -0.15) is 5.26 Å². The van der Waals surface area contributed by atoms with Crippen LogP contribution in [0.1, 0.15) is 28.7 Å². The summed E-state index contributed by atoms with van der Waals surface area (Å²) in [6, 6.07) is 1.78. The highest BCUT2D eigenvalue weighted by molar-refractivity contribution is 7.17. The fourth-order valence-corrected chi connectivity index (χ4v) is 2.09. The van der Waals surface area contributed by atoms with Crippen molar-refractivity contribution in [3.63, 3.8) is 0 Å². The second kappa shape index (κ2) is 4.86. The number of nitriles is 1. The third-order valence-corrected chi connectivity index (χ3v) is 3.33. The summed E-state index contributed by atoms with van der Waals surface area (Å²) in [5.74, 6) is -0.395. The topological polar surface area (TPSA) is 74.1 Å². The van der Waals surface area contributed by atoms with E-state index in [-0.39, 0.29) is 18.1 Å². The van der Waals surface area contributed by atoms with Crippen molar-refractivity contribution in [2.24, 2.45) is 0 Å². The fraction of sp³-hybridized carbons (Fsp3) is 0.400. The first-order valence-corrected chi connectivity index (χ1v) is 5.41. The molecule has 0 aliphatic rings. The molecule has 0 fully saturated rings. The van der Waals surface area contributed by atoms with Gasteiger partial charge in [0.15, 0.2) is 10.9 Å². The number of carbonyl (C=O) groups is 2. The molecule has 1 aromatic rings. The molecule has 6 heteroatoms. The van der Waals surface area contributed by atoms with Crippen molar-refractivity contribution in [3.05, 3.63) is 10.6 Å². The summed E-state index contributed by atoms with van der Waals surface area (Å²) in [5, 5.41) is 8.86. The maximum atomic E-state index is 11.4. The summed E-state index contributed by atoms with van der Waals surface area (Å²) in [7, 11) is 1.54. The summed E-state index contributed by atoms with van der Waals surface area (Å²) in [5.41, 5.74) is 0.615. The Morgan fingerprint density at radius 3 is 2.62 bits per heavy atom. The van der Waals surface area contributed by atoms with Gasteiger partial charge in [0.05, 0.1) is 16.6 Å². The van der Waals surface area contributed by atoms with E-state index < -0.39 is 0 Å². The molecule has 0 saturated carbocycles. The second-order valence-electron chi connectivity index (χ2n) is 3.25. The highest BCUT2D eigenvalue weighted by Crippen LogP contribution is 2.25. The van der Waals surface area contributed by atoms with Crippen LogP contribution >= 0.6 is 11.3 Å². The van der Waals surface area contributed by atoms with Gasteiger partial charge in [-0.05, 0) is 6.92 Å². The molecular formula is C10H11N3O2S. The van der Waals surface area contributed by atoms with Gasteiger partial charge in [0.1, 0.15) is 6.42 Å². The maximum Gasteiger partial charge on any atom is 0.242 e. The van der Waals surface area contributed by atoms with Gasteiger partial charge in [-0.1, -0.05) is 11.3 Å². The van der Waals surface area contributed by atoms with Crippen LogP contribution in [0.15, 0.2) is 0 Å². The van der Waals surface area contributed by atoms with Gasteiger partial charge < -0.3 is 0 Å². The normalized spacial score (nSPS) is 9.62. The molecule has 0 atom stereocenters. The number of hydrogen-bond donors (Lipinski definition) is 0. The van der Waals surface area contributed by atoms with E-state index in [0.717, 1.165) is 11.3 Å². The van der Waals surface area contributed by atoms with Crippen molar-refractivity contribution in [3.8, 4) is 6.07 Å². The van der Waals surface area contributed by atoms with Crippen LogP contribution in [0.4, 0.5) is 5.13 Å². The average molecular weight is 237 g/mol. The van der Waals surface area contributed by atoms with Gasteiger partial charge in [-0.15, -0.1) is 0 Å². The van der Waals surface area contributed by atoms with Gasteiger partial charge in [0.2, 0.25) is 5.91 Å². The van der Waals surface area contributed by atoms with Crippen LogP contribution in [-0.2, 0) is 4.79 Å². The Kier molecular flexibility index (Phi) is 3.74. The van der Waals surface area contributed by atoms with Gasteiger partial charge in [-0.3, -0.25) is 14.5 Å². The van der Waals surface area contributed by atoms with Crippen molar-refractivity contribution < 1.29 is 9.59 Å². The summed E-state index contributed by atoms with van der Waals surface area (Å²) < 4.78 is 0. The third kappa shape index (κ3) is 2.44. The van der Waals surface area contributed by atoms with E-state index in [1.54, 1.807) is 20.0 Å². The van der Waals surface area contributed by atoms with E-state index in [4.69, 9.17) is 5.26 Å². The Labute approximate surface area is 97.3 Å². The fourth-order valence-electron chi connectivity index (χ4n) is 1.15. The quantitative estimate of drug-likeness (QED) is 0.747. The van der Waals surface area contributed by atoms with Crippen molar-refractivity contribution in [1.29, 1.82) is 5.26 Å². The molecule has 1 heterocycles. The van der Waals surface area contributed by atoms with Crippen LogP contribution in [0, 0.1) is 18.3 Å². The summed E-state index contributed by atoms with van der Waals surface area (Å²) >= 11 is 1.16. The minimum Gasteiger partial charge on any atom is -0.294 e. The zero-order valence-electron chi connectivity index (χ0n) is 9.27. The van der Waals surface area contributed by atoms with E-state index in [9.17, 15) is 9.59 Å². The van der Waals surface area contributed by atoms with E-state index in [2.05, 4.69) is 4.98 Å². The lowest BCUT2D eigenvalue weighted by molar-refractivity contribution is -0.117.